The van der Waals surface area contributed by atoms with Crippen molar-refractivity contribution < 1.29 is 9.53 Å². The molecule has 1 atom stereocenters. The first kappa shape index (κ1) is 15.8. The van der Waals surface area contributed by atoms with Crippen LogP contribution in [-0.2, 0) is 9.53 Å². The van der Waals surface area contributed by atoms with Crippen molar-refractivity contribution in [3.05, 3.63) is 65.0 Å². The molecule has 1 N–H and O–H groups in total. The van der Waals surface area contributed by atoms with Gasteiger partial charge < -0.3 is 15.5 Å². The summed E-state index contributed by atoms with van der Waals surface area (Å²) in [7, 11) is 0. The fourth-order valence-electron chi connectivity index (χ4n) is 2.28. The first-order chi connectivity index (χ1) is 10.6. The standard InChI is InChI=1S/C16H14N3O2S/c1-3-8-21-16(20)13-10(2)19-15(22)12(9-17)14(13)11-4-6-18-7-5-11/h3-7,14H,1,8H2,2H3,(H,19,22)/q-1. The van der Waals surface area contributed by atoms with Gasteiger partial charge in [0.2, 0.25) is 0 Å². The second-order valence-electron chi connectivity index (χ2n) is 4.62. The predicted molar refractivity (Wildman–Crippen MR) is 88.4 cm³/mol. The minimum atomic E-state index is -0.556. The number of ether oxygens (including phenoxy) is 1. The molecule has 1 unspecified atom stereocenters. The highest BCUT2D eigenvalue weighted by Gasteiger charge is 2.34. The summed E-state index contributed by atoms with van der Waals surface area (Å²) in [5.74, 6) is 1.04. The minimum Gasteiger partial charge on any atom is -0.763 e. The lowest BCUT2D eigenvalue weighted by Gasteiger charge is -2.30. The number of pyridine rings is 1. The third-order valence-electron chi connectivity index (χ3n) is 3.24. The van der Waals surface area contributed by atoms with Gasteiger partial charge in [0, 0.05) is 23.7 Å². The molecule has 0 saturated carbocycles. The molecule has 1 aliphatic rings. The van der Waals surface area contributed by atoms with E-state index in [4.69, 9.17) is 17.0 Å². The minimum absolute atomic E-state index is 0.102. The van der Waals surface area contributed by atoms with E-state index in [2.05, 4.69) is 22.7 Å². The lowest BCUT2D eigenvalue weighted by molar-refractivity contribution is -0.138. The molecule has 2 rings (SSSR count). The maximum atomic E-state index is 12.4. The second kappa shape index (κ2) is 6.93. The van der Waals surface area contributed by atoms with Crippen LogP contribution in [0.15, 0.2) is 54.0 Å². The fourth-order valence-corrected chi connectivity index (χ4v) is 2.60. The average molecular weight is 312 g/mol. The van der Waals surface area contributed by atoms with Gasteiger partial charge in [0.15, 0.2) is 0 Å². The number of hydrogen-bond acceptors (Lipinski definition) is 4. The normalized spacial score (nSPS) is 17.6. The van der Waals surface area contributed by atoms with Gasteiger partial charge >= 0.3 is 5.97 Å². The second-order valence-corrected chi connectivity index (χ2v) is 5.03. The van der Waals surface area contributed by atoms with Crippen LogP contribution in [0.2, 0.25) is 0 Å². The number of hydrogen-bond donors (Lipinski definition) is 1. The molecule has 1 aromatic rings. The van der Waals surface area contributed by atoms with Crippen LogP contribution >= 0.6 is 12.2 Å². The molecule has 5 nitrogen and oxygen atoms in total. The third-order valence-corrected chi connectivity index (χ3v) is 3.56. The number of nitrogens with zero attached hydrogens (tertiary/aromatic N) is 2. The number of allylic oxidation sites excluding steroid dienone is 1. The van der Waals surface area contributed by atoms with Gasteiger partial charge in [0.05, 0.1) is 11.5 Å². The van der Waals surface area contributed by atoms with Gasteiger partial charge in [-0.3, -0.25) is 10.9 Å². The number of carbonyl (C=O) groups is 1. The van der Waals surface area contributed by atoms with Crippen LogP contribution < -0.4 is 5.32 Å². The molecule has 0 bridgehead atoms. The zero-order valence-corrected chi connectivity index (χ0v) is 12.8. The van der Waals surface area contributed by atoms with Crippen LogP contribution in [-0.4, -0.2) is 28.4 Å². The Morgan fingerprint density at radius 2 is 2.27 bits per heavy atom. The summed E-state index contributed by atoms with van der Waals surface area (Å²) in [5, 5.41) is 12.3. The number of thiocarbonyl (C=S) groups is 1. The van der Waals surface area contributed by atoms with E-state index in [-0.39, 0.29) is 6.61 Å². The van der Waals surface area contributed by atoms with Crippen molar-refractivity contribution in [2.45, 2.75) is 12.8 Å². The van der Waals surface area contributed by atoms with Crippen LogP contribution in [0.5, 0.6) is 0 Å². The fraction of sp³-hybridized carbons (Fsp3) is 0.188. The zero-order chi connectivity index (χ0) is 16.1. The molecule has 6 heteroatoms. The first-order valence-electron chi connectivity index (χ1n) is 6.57. The summed E-state index contributed by atoms with van der Waals surface area (Å²) >= 11 is 5.22. The molecule has 1 aliphatic heterocycles. The van der Waals surface area contributed by atoms with Crippen molar-refractivity contribution in [3.8, 4) is 0 Å². The molecule has 1 aromatic heterocycles. The maximum Gasteiger partial charge on any atom is 0.337 e. The van der Waals surface area contributed by atoms with E-state index < -0.39 is 11.9 Å². The highest BCUT2D eigenvalue weighted by Crippen LogP contribution is 2.36. The molecule has 0 aromatic carbocycles. The lowest BCUT2D eigenvalue weighted by atomic mass is 9.82. The van der Waals surface area contributed by atoms with Crippen LogP contribution in [0, 0.1) is 0 Å². The van der Waals surface area contributed by atoms with E-state index in [0.29, 0.717) is 21.8 Å². The quantitative estimate of drug-likeness (QED) is 0.303. The van der Waals surface area contributed by atoms with Crippen LogP contribution in [0.1, 0.15) is 18.4 Å². The van der Waals surface area contributed by atoms with Crippen molar-refractivity contribution in [1.82, 2.24) is 10.3 Å². The summed E-state index contributed by atoms with van der Waals surface area (Å²) in [6.07, 6.45) is 4.71. The van der Waals surface area contributed by atoms with Crippen molar-refractivity contribution in [3.63, 3.8) is 0 Å². The predicted octanol–water partition coefficient (Wildman–Crippen LogP) is 2.26. The highest BCUT2D eigenvalue weighted by molar-refractivity contribution is 7.80. The molecule has 22 heavy (non-hydrogen) atoms. The van der Waals surface area contributed by atoms with Crippen molar-refractivity contribution in [1.29, 1.82) is 0 Å². The van der Waals surface area contributed by atoms with E-state index in [9.17, 15) is 10.2 Å². The molecule has 112 valence electrons. The lowest BCUT2D eigenvalue weighted by Crippen LogP contribution is -2.35. The summed E-state index contributed by atoms with van der Waals surface area (Å²) < 4.78 is 5.14. The van der Waals surface area contributed by atoms with Gasteiger partial charge in [-0.1, -0.05) is 24.9 Å². The van der Waals surface area contributed by atoms with Gasteiger partial charge in [-0.15, -0.1) is 0 Å². The van der Waals surface area contributed by atoms with E-state index >= 15 is 0 Å². The summed E-state index contributed by atoms with van der Waals surface area (Å²) in [4.78, 5) is 16.7. The number of esters is 1. The SMILES string of the molecule is C=CCOC(=O)C1=C(C)NC(=S)C(=C=[N-])C1c1ccncc1. The van der Waals surface area contributed by atoms with Gasteiger partial charge in [0.1, 0.15) is 11.6 Å². The number of nitrogens with one attached hydrogen (secondary N) is 1. The van der Waals surface area contributed by atoms with Gasteiger partial charge in [-0.25, -0.2) is 4.79 Å². The molecule has 0 amide bonds. The Morgan fingerprint density at radius 3 is 2.86 bits per heavy atom. The molecule has 2 heterocycles. The monoisotopic (exact) mass is 312 g/mol. The molecule has 0 radical (unpaired) electrons. The third kappa shape index (κ3) is 3.03. The first-order valence-corrected chi connectivity index (χ1v) is 6.98. The van der Waals surface area contributed by atoms with E-state index in [1.807, 2.05) is 0 Å². The van der Waals surface area contributed by atoms with Crippen LogP contribution in [0.25, 0.3) is 5.41 Å². The Hall–Kier alpha value is -2.56. The molecule has 0 spiro atoms. The summed E-state index contributed by atoms with van der Waals surface area (Å²) in [6.45, 7) is 5.36. The van der Waals surface area contributed by atoms with Crippen LogP contribution in [0.3, 0.4) is 0 Å². The van der Waals surface area contributed by atoms with Gasteiger partial charge in [0.25, 0.3) is 0 Å². The Kier molecular flexibility index (Phi) is 4.99. The Morgan fingerprint density at radius 1 is 1.59 bits per heavy atom. The molecular formula is C16H14N3O2S-. The molecule has 0 fully saturated rings. The molecule has 0 aliphatic carbocycles. The number of aromatic nitrogens is 1. The van der Waals surface area contributed by atoms with Crippen molar-refractivity contribution in [2.24, 2.45) is 0 Å². The number of rotatable bonds is 4. The van der Waals surface area contributed by atoms with E-state index in [1.165, 1.54) is 6.08 Å². The molecular weight excluding hydrogens is 298 g/mol. The highest BCUT2D eigenvalue weighted by atomic mass is 32.1. The van der Waals surface area contributed by atoms with Gasteiger partial charge in [-0.05, 0) is 24.6 Å². The van der Waals surface area contributed by atoms with Gasteiger partial charge in [-0.2, -0.15) is 0 Å². The zero-order valence-electron chi connectivity index (χ0n) is 12.0. The smallest absolute Gasteiger partial charge is 0.337 e. The van der Waals surface area contributed by atoms with Crippen LogP contribution in [0.4, 0.5) is 0 Å². The Bertz CT molecular complexity index is 703. The Labute approximate surface area is 133 Å². The number of carbonyl (C=O) groups excluding carboxylic acids is 1. The largest absolute Gasteiger partial charge is 0.763 e. The van der Waals surface area contributed by atoms with Crippen molar-refractivity contribution >= 4 is 29.0 Å². The van der Waals surface area contributed by atoms with E-state index in [1.54, 1.807) is 31.5 Å². The van der Waals surface area contributed by atoms with E-state index in [0.717, 1.165) is 5.56 Å². The molecule has 0 saturated heterocycles. The summed E-state index contributed by atoms with van der Waals surface area (Å²) in [5.41, 5.74) is 2.04. The maximum absolute atomic E-state index is 12.4. The summed E-state index contributed by atoms with van der Waals surface area (Å²) in [6, 6.07) is 3.51. The topological polar surface area (TPSA) is 73.5 Å². The van der Waals surface area contributed by atoms with Crippen molar-refractivity contribution in [2.75, 3.05) is 6.61 Å². The Balaban J connectivity index is 2.56. The average Bonchev–Trinajstić information content (AvgIpc) is 2.52.